The second-order valence-electron chi connectivity index (χ2n) is 18.8. The molecule has 0 unspecified atom stereocenters. The van der Waals surface area contributed by atoms with Crippen LogP contribution in [0.15, 0.2) is 97.2 Å². The van der Waals surface area contributed by atoms with Crippen molar-refractivity contribution in [2.24, 2.45) is 0 Å². The predicted octanol–water partition coefficient (Wildman–Crippen LogP) is 19.3. The van der Waals surface area contributed by atoms with Gasteiger partial charge in [0.2, 0.25) is 0 Å². The van der Waals surface area contributed by atoms with E-state index < -0.39 is 6.10 Å². The Morgan fingerprint density at radius 3 is 0.928 bits per heavy atom. The van der Waals surface area contributed by atoms with Gasteiger partial charge in [-0.05, 0) is 103 Å². The van der Waals surface area contributed by atoms with Gasteiger partial charge in [0, 0.05) is 19.3 Å². The number of rotatable bonds is 51. The predicted molar refractivity (Wildman–Crippen MR) is 297 cm³/mol. The Morgan fingerprint density at radius 2 is 0.565 bits per heavy atom. The fraction of sp³-hybridized carbons (Fsp3) is 0.698. The number of unbranched alkanes of at least 4 members (excludes halogenated alkanes) is 24. The summed E-state index contributed by atoms with van der Waals surface area (Å²) in [5, 5.41) is 0. The topological polar surface area (TPSA) is 78.9 Å². The maximum absolute atomic E-state index is 12.9. The summed E-state index contributed by atoms with van der Waals surface area (Å²) < 4.78 is 16.8. The molecule has 0 aliphatic rings. The third kappa shape index (κ3) is 55.1. The van der Waals surface area contributed by atoms with Crippen molar-refractivity contribution in [3.63, 3.8) is 0 Å². The van der Waals surface area contributed by atoms with Crippen molar-refractivity contribution in [3.8, 4) is 0 Å². The zero-order valence-corrected chi connectivity index (χ0v) is 45.0. The summed E-state index contributed by atoms with van der Waals surface area (Å²) in [5.74, 6) is -0.947. The zero-order chi connectivity index (χ0) is 50.0. The first-order chi connectivity index (χ1) is 34.0. The molecule has 0 radical (unpaired) electrons. The third-order valence-electron chi connectivity index (χ3n) is 12.1. The van der Waals surface area contributed by atoms with Crippen LogP contribution >= 0.6 is 0 Å². The Hall–Kier alpha value is -3.67. The zero-order valence-electron chi connectivity index (χ0n) is 45.0. The number of ether oxygens (including phenoxy) is 3. The number of hydrogen-bond acceptors (Lipinski definition) is 6. The van der Waals surface area contributed by atoms with E-state index in [0.29, 0.717) is 19.3 Å². The average Bonchev–Trinajstić information content (AvgIpc) is 3.35. The number of allylic oxidation sites excluding steroid dienone is 16. The van der Waals surface area contributed by atoms with Crippen LogP contribution in [0, 0.1) is 0 Å². The summed E-state index contributed by atoms with van der Waals surface area (Å²) in [5.41, 5.74) is 0. The number of carbonyl (C=O) groups excluding carboxylic acids is 3. The fourth-order valence-corrected chi connectivity index (χ4v) is 7.77. The van der Waals surface area contributed by atoms with Gasteiger partial charge in [-0.3, -0.25) is 14.4 Å². The molecule has 0 rings (SSSR count). The molecule has 0 bridgehead atoms. The highest BCUT2D eigenvalue weighted by Crippen LogP contribution is 2.15. The van der Waals surface area contributed by atoms with Crippen LogP contribution in [0.5, 0.6) is 0 Å². The Bertz CT molecular complexity index is 1380. The SMILES string of the molecule is CC/C=C\C/C=C\C/C=C\C/C=C\CCCCCCC(=O)OC[C@H](COC(=O)CCCCC/C=C\C/C=C\C/C=C\C/C=C\CCCCC)OC(=O)CCCCCCCCCCCCCCCCC. The molecule has 0 saturated heterocycles. The summed E-state index contributed by atoms with van der Waals surface area (Å²) in [6.07, 6.45) is 75.3. The molecule has 0 heterocycles. The Balaban J connectivity index is 4.48. The molecule has 0 aromatic rings. The van der Waals surface area contributed by atoms with Gasteiger partial charge in [-0.15, -0.1) is 0 Å². The van der Waals surface area contributed by atoms with E-state index >= 15 is 0 Å². The molecule has 1 atom stereocenters. The van der Waals surface area contributed by atoms with E-state index in [0.717, 1.165) is 122 Å². The van der Waals surface area contributed by atoms with E-state index in [4.69, 9.17) is 14.2 Å². The molecule has 394 valence electrons. The molecule has 0 amide bonds. The van der Waals surface area contributed by atoms with Gasteiger partial charge in [0.25, 0.3) is 0 Å². The van der Waals surface area contributed by atoms with Crippen LogP contribution in [0.1, 0.15) is 265 Å². The second-order valence-corrected chi connectivity index (χ2v) is 18.8. The summed E-state index contributed by atoms with van der Waals surface area (Å²) in [6.45, 7) is 6.46. The Kier molecular flexibility index (Phi) is 53.9. The summed E-state index contributed by atoms with van der Waals surface area (Å²) in [7, 11) is 0. The van der Waals surface area contributed by atoms with Gasteiger partial charge in [0.15, 0.2) is 6.10 Å². The van der Waals surface area contributed by atoms with Gasteiger partial charge in [-0.25, -0.2) is 0 Å². The minimum absolute atomic E-state index is 0.0996. The van der Waals surface area contributed by atoms with Crippen LogP contribution in [-0.2, 0) is 28.6 Å². The van der Waals surface area contributed by atoms with Crippen LogP contribution in [0.2, 0.25) is 0 Å². The van der Waals surface area contributed by atoms with Crippen LogP contribution < -0.4 is 0 Å². The van der Waals surface area contributed by atoms with Gasteiger partial charge in [-0.1, -0.05) is 240 Å². The molecular formula is C63H106O6. The van der Waals surface area contributed by atoms with Crippen molar-refractivity contribution >= 4 is 17.9 Å². The van der Waals surface area contributed by atoms with Crippen molar-refractivity contribution in [1.82, 2.24) is 0 Å². The lowest BCUT2D eigenvalue weighted by atomic mass is 10.0. The standard InChI is InChI=1S/C63H106O6/c1-4-7-10-13-16-19-22-25-28-30-31-33-36-38-41-44-47-50-53-56-62(65)68-59-60(69-63(66)57-54-51-48-45-42-39-34-27-24-21-18-15-12-9-6-3)58-67-61(64)55-52-49-46-43-40-37-35-32-29-26-23-20-17-14-11-8-5-2/h8,11,16-17,19-20,25-26,28-29,31,33,35,37-38,41,60H,4-7,9-10,12-15,18,21-24,27,30,32,34,36,39-40,42-59H2,1-3H3/b11-8-,19-16-,20-17-,28-25-,29-26-,33-31-,37-35-,41-38-/t60-/m1/s1. The van der Waals surface area contributed by atoms with E-state index in [9.17, 15) is 14.4 Å². The highest BCUT2D eigenvalue weighted by Gasteiger charge is 2.19. The minimum Gasteiger partial charge on any atom is -0.462 e. The molecule has 0 aliphatic carbocycles. The van der Waals surface area contributed by atoms with Crippen LogP contribution in [0.3, 0.4) is 0 Å². The first-order valence-corrected chi connectivity index (χ1v) is 28.7. The first-order valence-electron chi connectivity index (χ1n) is 28.7. The van der Waals surface area contributed by atoms with Crippen molar-refractivity contribution in [1.29, 1.82) is 0 Å². The molecule has 0 fully saturated rings. The lowest BCUT2D eigenvalue weighted by Gasteiger charge is -2.18. The average molecular weight is 960 g/mol. The lowest BCUT2D eigenvalue weighted by molar-refractivity contribution is -0.167. The van der Waals surface area contributed by atoms with E-state index in [1.54, 1.807) is 0 Å². The first kappa shape index (κ1) is 65.3. The van der Waals surface area contributed by atoms with Crippen molar-refractivity contribution in [2.75, 3.05) is 13.2 Å². The molecule has 0 saturated carbocycles. The van der Waals surface area contributed by atoms with Crippen LogP contribution in [0.4, 0.5) is 0 Å². The van der Waals surface area contributed by atoms with Crippen LogP contribution in [0.25, 0.3) is 0 Å². The van der Waals surface area contributed by atoms with E-state index in [2.05, 4.69) is 118 Å². The number of carbonyl (C=O) groups is 3. The highest BCUT2D eigenvalue weighted by atomic mass is 16.6. The van der Waals surface area contributed by atoms with E-state index in [1.807, 2.05) is 0 Å². The smallest absolute Gasteiger partial charge is 0.306 e. The second kappa shape index (κ2) is 56.9. The molecule has 6 heteroatoms. The number of hydrogen-bond donors (Lipinski definition) is 0. The largest absolute Gasteiger partial charge is 0.462 e. The van der Waals surface area contributed by atoms with Gasteiger partial charge >= 0.3 is 17.9 Å². The molecular weight excluding hydrogens is 853 g/mol. The normalized spacial score (nSPS) is 12.8. The fourth-order valence-electron chi connectivity index (χ4n) is 7.77. The maximum Gasteiger partial charge on any atom is 0.306 e. The summed E-state index contributed by atoms with van der Waals surface area (Å²) in [6, 6.07) is 0. The quantitative estimate of drug-likeness (QED) is 0.0262. The molecule has 0 N–H and O–H groups in total. The molecule has 0 aliphatic heterocycles. The highest BCUT2D eigenvalue weighted by molar-refractivity contribution is 5.71. The van der Waals surface area contributed by atoms with Gasteiger partial charge in [0.05, 0.1) is 0 Å². The van der Waals surface area contributed by atoms with Gasteiger partial charge in [-0.2, -0.15) is 0 Å². The molecule has 0 aromatic carbocycles. The number of esters is 3. The van der Waals surface area contributed by atoms with Gasteiger partial charge < -0.3 is 14.2 Å². The van der Waals surface area contributed by atoms with Crippen molar-refractivity contribution in [2.45, 2.75) is 271 Å². The monoisotopic (exact) mass is 959 g/mol. The third-order valence-corrected chi connectivity index (χ3v) is 12.1. The molecule has 69 heavy (non-hydrogen) atoms. The van der Waals surface area contributed by atoms with E-state index in [-0.39, 0.29) is 31.1 Å². The molecule has 0 aromatic heterocycles. The molecule has 6 nitrogen and oxygen atoms in total. The summed E-state index contributed by atoms with van der Waals surface area (Å²) >= 11 is 0. The lowest BCUT2D eigenvalue weighted by Crippen LogP contribution is -2.30. The Labute approximate surface area is 426 Å². The van der Waals surface area contributed by atoms with Crippen LogP contribution in [-0.4, -0.2) is 37.2 Å². The Morgan fingerprint density at radius 1 is 0.304 bits per heavy atom. The molecule has 0 spiro atoms. The van der Waals surface area contributed by atoms with Crippen molar-refractivity contribution < 1.29 is 28.6 Å². The van der Waals surface area contributed by atoms with Gasteiger partial charge in [0.1, 0.15) is 13.2 Å². The van der Waals surface area contributed by atoms with E-state index in [1.165, 1.54) is 103 Å². The van der Waals surface area contributed by atoms with Crippen molar-refractivity contribution in [3.05, 3.63) is 97.2 Å². The summed E-state index contributed by atoms with van der Waals surface area (Å²) in [4.78, 5) is 38.2. The minimum atomic E-state index is -0.801. The maximum atomic E-state index is 12.9.